The lowest BCUT2D eigenvalue weighted by atomic mass is 10.2. The summed E-state index contributed by atoms with van der Waals surface area (Å²) in [5.74, 6) is 0.126. The minimum atomic E-state index is -0.425. The molecule has 1 fully saturated rings. The minimum absolute atomic E-state index is 0.0636. The van der Waals surface area contributed by atoms with Crippen LogP contribution in [0.15, 0.2) is 12.4 Å². The SMILES string of the molecule is CC(C#N)N1CCN(c2ncc(F)cn2)CC1. The average molecular weight is 235 g/mol. The van der Waals surface area contributed by atoms with E-state index in [4.69, 9.17) is 5.26 Å². The first kappa shape index (κ1) is 11.7. The van der Waals surface area contributed by atoms with Crippen LogP contribution in [0.2, 0.25) is 0 Å². The van der Waals surface area contributed by atoms with E-state index in [1.165, 1.54) is 12.4 Å². The van der Waals surface area contributed by atoms with Crippen LogP contribution in [0.1, 0.15) is 6.92 Å². The average Bonchev–Trinajstić information content (AvgIpc) is 2.39. The van der Waals surface area contributed by atoms with Crippen molar-refractivity contribution in [3.63, 3.8) is 0 Å². The molecule has 1 aliphatic rings. The predicted octanol–water partition coefficient (Wildman–Crippen LogP) is 0.650. The smallest absolute Gasteiger partial charge is 0.225 e. The highest BCUT2D eigenvalue weighted by Crippen LogP contribution is 2.11. The molecule has 0 aliphatic carbocycles. The van der Waals surface area contributed by atoms with Gasteiger partial charge in [0.25, 0.3) is 0 Å². The Bertz CT molecular complexity index is 405. The maximum atomic E-state index is 12.7. The Morgan fingerprint density at radius 2 is 1.88 bits per heavy atom. The second kappa shape index (κ2) is 5.06. The van der Waals surface area contributed by atoms with E-state index in [1.807, 2.05) is 11.8 Å². The van der Waals surface area contributed by atoms with Crippen molar-refractivity contribution in [3.8, 4) is 6.07 Å². The molecule has 1 saturated heterocycles. The number of halogens is 1. The fourth-order valence-electron chi connectivity index (χ4n) is 1.86. The van der Waals surface area contributed by atoms with Gasteiger partial charge in [0.2, 0.25) is 5.95 Å². The molecule has 1 atom stereocenters. The summed E-state index contributed by atoms with van der Waals surface area (Å²) in [6, 6.07) is 2.16. The van der Waals surface area contributed by atoms with Gasteiger partial charge in [0.1, 0.15) is 0 Å². The van der Waals surface area contributed by atoms with E-state index >= 15 is 0 Å². The number of piperazine rings is 1. The van der Waals surface area contributed by atoms with Crippen LogP contribution in [0.3, 0.4) is 0 Å². The Labute approximate surface area is 99.5 Å². The molecule has 1 aromatic rings. The maximum absolute atomic E-state index is 12.7. The Kier molecular flexibility index (Phi) is 3.49. The second-order valence-corrected chi connectivity index (χ2v) is 4.03. The standard InChI is InChI=1S/C11H14FN5/c1-9(6-13)16-2-4-17(5-3-16)11-14-7-10(12)8-15-11/h7-9H,2-5H2,1H3. The van der Waals surface area contributed by atoms with Gasteiger partial charge in [-0.25, -0.2) is 14.4 Å². The molecule has 1 aromatic heterocycles. The van der Waals surface area contributed by atoms with Crippen molar-refractivity contribution in [2.45, 2.75) is 13.0 Å². The van der Waals surface area contributed by atoms with E-state index in [0.29, 0.717) is 5.95 Å². The molecule has 0 aromatic carbocycles. The van der Waals surface area contributed by atoms with Gasteiger partial charge in [-0.05, 0) is 6.92 Å². The Hall–Kier alpha value is -1.74. The van der Waals surface area contributed by atoms with Crippen molar-refractivity contribution >= 4 is 5.95 Å². The zero-order valence-corrected chi connectivity index (χ0v) is 9.67. The summed E-state index contributed by atoms with van der Waals surface area (Å²) >= 11 is 0. The number of hydrogen-bond donors (Lipinski definition) is 0. The fourth-order valence-corrected chi connectivity index (χ4v) is 1.86. The summed E-state index contributed by atoms with van der Waals surface area (Å²) in [7, 11) is 0. The van der Waals surface area contributed by atoms with Crippen LogP contribution in [-0.4, -0.2) is 47.1 Å². The summed E-state index contributed by atoms with van der Waals surface area (Å²) in [5, 5.41) is 8.83. The molecule has 5 nitrogen and oxygen atoms in total. The normalized spacial score (nSPS) is 18.8. The number of aromatic nitrogens is 2. The number of nitriles is 1. The lowest BCUT2D eigenvalue weighted by Crippen LogP contribution is -2.49. The molecule has 2 heterocycles. The number of hydrogen-bond acceptors (Lipinski definition) is 5. The molecule has 0 amide bonds. The summed E-state index contributed by atoms with van der Waals surface area (Å²) in [6.07, 6.45) is 2.35. The van der Waals surface area contributed by atoms with E-state index in [1.54, 1.807) is 0 Å². The van der Waals surface area contributed by atoms with Gasteiger partial charge >= 0.3 is 0 Å². The molecular weight excluding hydrogens is 221 g/mol. The van der Waals surface area contributed by atoms with E-state index in [2.05, 4.69) is 20.9 Å². The van der Waals surface area contributed by atoms with Crippen LogP contribution >= 0.6 is 0 Å². The van der Waals surface area contributed by atoms with Gasteiger partial charge in [-0.2, -0.15) is 5.26 Å². The van der Waals surface area contributed by atoms with Gasteiger partial charge in [0.15, 0.2) is 5.82 Å². The first-order valence-corrected chi connectivity index (χ1v) is 5.57. The van der Waals surface area contributed by atoms with Crippen LogP contribution in [0.25, 0.3) is 0 Å². The van der Waals surface area contributed by atoms with Crippen molar-refractivity contribution in [3.05, 3.63) is 18.2 Å². The third kappa shape index (κ3) is 2.68. The number of rotatable bonds is 2. The molecule has 1 aliphatic heterocycles. The summed E-state index contributed by atoms with van der Waals surface area (Å²) in [4.78, 5) is 12.0. The monoisotopic (exact) mass is 235 g/mol. The fraction of sp³-hybridized carbons (Fsp3) is 0.545. The van der Waals surface area contributed by atoms with Gasteiger partial charge in [-0.15, -0.1) is 0 Å². The molecule has 6 heteroatoms. The largest absolute Gasteiger partial charge is 0.338 e. The second-order valence-electron chi connectivity index (χ2n) is 4.03. The molecule has 0 bridgehead atoms. The zero-order chi connectivity index (χ0) is 12.3. The van der Waals surface area contributed by atoms with Crippen LogP contribution in [0.5, 0.6) is 0 Å². The van der Waals surface area contributed by atoms with Crippen molar-refractivity contribution in [1.82, 2.24) is 14.9 Å². The Balaban J connectivity index is 1.95. The molecule has 1 unspecified atom stereocenters. The first-order chi connectivity index (χ1) is 8.20. The van der Waals surface area contributed by atoms with Crippen LogP contribution in [0.4, 0.5) is 10.3 Å². The van der Waals surface area contributed by atoms with Crippen molar-refractivity contribution in [2.24, 2.45) is 0 Å². The Morgan fingerprint density at radius 3 is 2.41 bits per heavy atom. The van der Waals surface area contributed by atoms with Gasteiger partial charge in [0.05, 0.1) is 24.5 Å². The van der Waals surface area contributed by atoms with Gasteiger partial charge in [0, 0.05) is 26.2 Å². The maximum Gasteiger partial charge on any atom is 0.225 e. The Morgan fingerprint density at radius 1 is 1.29 bits per heavy atom. The van der Waals surface area contributed by atoms with Crippen LogP contribution in [-0.2, 0) is 0 Å². The van der Waals surface area contributed by atoms with Crippen molar-refractivity contribution in [2.75, 3.05) is 31.1 Å². The van der Waals surface area contributed by atoms with E-state index in [0.717, 1.165) is 26.2 Å². The summed E-state index contributed by atoms with van der Waals surface area (Å²) in [5.41, 5.74) is 0. The zero-order valence-electron chi connectivity index (χ0n) is 9.67. The van der Waals surface area contributed by atoms with E-state index in [-0.39, 0.29) is 6.04 Å². The van der Waals surface area contributed by atoms with Crippen LogP contribution in [0, 0.1) is 17.1 Å². The molecule has 0 saturated carbocycles. The minimum Gasteiger partial charge on any atom is -0.338 e. The van der Waals surface area contributed by atoms with Gasteiger partial charge < -0.3 is 4.90 Å². The lowest BCUT2D eigenvalue weighted by molar-refractivity contribution is 0.230. The third-order valence-corrected chi connectivity index (χ3v) is 2.94. The van der Waals surface area contributed by atoms with E-state index < -0.39 is 5.82 Å². The quantitative estimate of drug-likeness (QED) is 0.753. The molecular formula is C11H14FN5. The number of nitrogens with zero attached hydrogens (tertiary/aromatic N) is 5. The summed E-state index contributed by atoms with van der Waals surface area (Å²) in [6.45, 7) is 5.02. The van der Waals surface area contributed by atoms with Gasteiger partial charge in [-0.1, -0.05) is 0 Å². The molecule has 0 radical (unpaired) electrons. The molecule has 17 heavy (non-hydrogen) atoms. The van der Waals surface area contributed by atoms with Crippen molar-refractivity contribution < 1.29 is 4.39 Å². The molecule has 0 N–H and O–H groups in total. The first-order valence-electron chi connectivity index (χ1n) is 5.57. The number of anilines is 1. The highest BCUT2D eigenvalue weighted by atomic mass is 19.1. The predicted molar refractivity (Wildman–Crippen MR) is 60.9 cm³/mol. The highest BCUT2D eigenvalue weighted by Gasteiger charge is 2.22. The molecule has 2 rings (SSSR count). The summed E-state index contributed by atoms with van der Waals surface area (Å²) < 4.78 is 12.7. The molecule has 90 valence electrons. The topological polar surface area (TPSA) is 56.1 Å². The molecule has 0 spiro atoms. The highest BCUT2D eigenvalue weighted by molar-refractivity contribution is 5.29. The third-order valence-electron chi connectivity index (χ3n) is 2.94. The van der Waals surface area contributed by atoms with Gasteiger partial charge in [-0.3, -0.25) is 4.90 Å². The van der Waals surface area contributed by atoms with Crippen molar-refractivity contribution in [1.29, 1.82) is 5.26 Å². The lowest BCUT2D eigenvalue weighted by Gasteiger charge is -2.35. The van der Waals surface area contributed by atoms with Crippen LogP contribution < -0.4 is 4.90 Å². The van der Waals surface area contributed by atoms with E-state index in [9.17, 15) is 4.39 Å².